The van der Waals surface area contributed by atoms with Crippen molar-refractivity contribution in [2.45, 2.75) is 64.4 Å². The molecule has 1 heterocycles. The lowest BCUT2D eigenvalue weighted by atomic mass is 9.81. The third kappa shape index (κ3) is 8.74. The van der Waals surface area contributed by atoms with E-state index >= 15 is 0 Å². The van der Waals surface area contributed by atoms with Gasteiger partial charge in [-0.05, 0) is 43.9 Å². The molecule has 2 rings (SSSR count). The smallest absolute Gasteiger partial charge is 0.193 e. The molecule has 1 aliphatic heterocycles. The minimum Gasteiger partial charge on any atom is -0.385 e. The van der Waals surface area contributed by atoms with E-state index in [-0.39, 0.29) is 24.0 Å². The number of aliphatic imine (C=N–C) groups is 1. The maximum atomic E-state index is 5.95. The predicted octanol–water partition coefficient (Wildman–Crippen LogP) is 3.91. The van der Waals surface area contributed by atoms with Gasteiger partial charge in [0.2, 0.25) is 0 Å². The normalized spacial score (nSPS) is 25.0. The quantitative estimate of drug-likeness (QED) is 0.247. The van der Waals surface area contributed by atoms with Gasteiger partial charge in [0.25, 0.3) is 0 Å². The molecule has 0 amide bonds. The molecule has 6 heteroatoms. The number of piperidine rings is 1. The molecule has 0 aromatic rings. The lowest BCUT2D eigenvalue weighted by molar-refractivity contribution is 0.00990. The molecule has 5 nitrogen and oxygen atoms in total. The molecule has 0 aromatic heterocycles. The lowest BCUT2D eigenvalue weighted by Crippen LogP contribution is -2.47. The highest BCUT2D eigenvalue weighted by Gasteiger charge is 2.22. The summed E-state index contributed by atoms with van der Waals surface area (Å²) >= 11 is 0. The Labute approximate surface area is 177 Å². The number of ether oxygens (including phenoxy) is 2. The molecule has 0 spiro atoms. The summed E-state index contributed by atoms with van der Waals surface area (Å²) in [5, 5.41) is 3.59. The van der Waals surface area contributed by atoms with Crippen molar-refractivity contribution >= 4 is 29.9 Å². The Hall–Kier alpha value is -0.0800. The minimum absolute atomic E-state index is 0. The fourth-order valence-corrected chi connectivity index (χ4v) is 4.23. The number of methoxy groups -OCH3 is 1. The van der Waals surface area contributed by atoms with Crippen LogP contribution in [-0.2, 0) is 9.47 Å². The van der Waals surface area contributed by atoms with E-state index in [2.05, 4.69) is 22.1 Å². The summed E-state index contributed by atoms with van der Waals surface area (Å²) in [5.74, 6) is 2.89. The Morgan fingerprint density at radius 1 is 1.15 bits per heavy atom. The maximum Gasteiger partial charge on any atom is 0.193 e. The average molecular weight is 481 g/mol. The fourth-order valence-electron chi connectivity index (χ4n) is 4.23. The first-order valence-electron chi connectivity index (χ1n) is 10.3. The van der Waals surface area contributed by atoms with Gasteiger partial charge in [-0.1, -0.05) is 26.2 Å². The van der Waals surface area contributed by atoms with Crippen LogP contribution in [0, 0.1) is 11.8 Å². The van der Waals surface area contributed by atoms with Crippen LogP contribution in [0.15, 0.2) is 4.99 Å². The number of halogens is 1. The number of likely N-dealkylation sites (tertiary alicyclic amines) is 1. The molecule has 0 aromatic carbocycles. The van der Waals surface area contributed by atoms with Crippen LogP contribution in [0.1, 0.15) is 58.3 Å². The fraction of sp³-hybridized carbons (Fsp3) is 0.950. The Balaban J connectivity index is 0.00000338. The van der Waals surface area contributed by atoms with Gasteiger partial charge >= 0.3 is 0 Å². The molecule has 2 aliphatic rings. The first-order chi connectivity index (χ1) is 12.2. The number of guanidine groups is 1. The SMILES string of the molecule is CN=C(NCCC1CCCC(C)C1)N1CCC(OCCCOC)CC1.I. The Kier molecular flexibility index (Phi) is 12.9. The van der Waals surface area contributed by atoms with E-state index in [0.717, 1.165) is 69.9 Å². The van der Waals surface area contributed by atoms with Crippen molar-refractivity contribution in [3.05, 3.63) is 0 Å². The van der Waals surface area contributed by atoms with E-state index in [4.69, 9.17) is 9.47 Å². The third-order valence-corrected chi connectivity index (χ3v) is 5.68. The predicted molar refractivity (Wildman–Crippen MR) is 120 cm³/mol. The van der Waals surface area contributed by atoms with Gasteiger partial charge in [0.05, 0.1) is 6.10 Å². The van der Waals surface area contributed by atoms with E-state index in [1.807, 2.05) is 7.05 Å². The topological polar surface area (TPSA) is 46.1 Å². The van der Waals surface area contributed by atoms with Crippen LogP contribution in [0.3, 0.4) is 0 Å². The van der Waals surface area contributed by atoms with E-state index in [1.165, 1.54) is 32.1 Å². The largest absolute Gasteiger partial charge is 0.385 e. The van der Waals surface area contributed by atoms with Gasteiger partial charge in [0, 0.05) is 47.0 Å². The standard InChI is InChI=1S/C20H39N3O2.HI/c1-17-6-4-7-18(16-17)8-11-22-20(21-2)23-12-9-19(10-13-23)25-15-5-14-24-3;/h17-19H,4-16H2,1-3H3,(H,21,22);1H. The highest BCUT2D eigenvalue weighted by molar-refractivity contribution is 14.0. The Bertz CT molecular complexity index is 387. The molecular formula is C20H40IN3O2. The van der Waals surface area contributed by atoms with E-state index < -0.39 is 0 Å². The molecule has 1 aliphatic carbocycles. The molecule has 0 radical (unpaired) electrons. The first kappa shape index (κ1) is 24.0. The minimum atomic E-state index is 0. The number of rotatable bonds is 8. The van der Waals surface area contributed by atoms with Crippen molar-refractivity contribution in [2.24, 2.45) is 16.8 Å². The maximum absolute atomic E-state index is 5.95. The van der Waals surface area contributed by atoms with Gasteiger partial charge in [0.1, 0.15) is 0 Å². The van der Waals surface area contributed by atoms with Crippen LogP contribution in [0.25, 0.3) is 0 Å². The van der Waals surface area contributed by atoms with Crippen molar-refractivity contribution in [1.29, 1.82) is 0 Å². The monoisotopic (exact) mass is 481 g/mol. The average Bonchev–Trinajstić information content (AvgIpc) is 2.63. The van der Waals surface area contributed by atoms with Gasteiger partial charge in [0.15, 0.2) is 5.96 Å². The third-order valence-electron chi connectivity index (χ3n) is 5.68. The van der Waals surface area contributed by atoms with E-state index in [0.29, 0.717) is 6.10 Å². The molecule has 1 saturated heterocycles. The molecule has 1 saturated carbocycles. The second-order valence-corrected chi connectivity index (χ2v) is 7.80. The van der Waals surface area contributed by atoms with Crippen molar-refractivity contribution in [3.8, 4) is 0 Å². The van der Waals surface area contributed by atoms with Crippen LogP contribution in [0.2, 0.25) is 0 Å². The number of nitrogens with one attached hydrogen (secondary N) is 1. The summed E-state index contributed by atoms with van der Waals surface area (Å²) < 4.78 is 11.0. The number of hydrogen-bond donors (Lipinski definition) is 1. The lowest BCUT2D eigenvalue weighted by Gasteiger charge is -2.34. The molecule has 1 N–H and O–H groups in total. The Morgan fingerprint density at radius 3 is 2.58 bits per heavy atom. The number of nitrogens with zero attached hydrogens (tertiary/aromatic N) is 2. The van der Waals surface area contributed by atoms with Gasteiger partial charge in [-0.2, -0.15) is 0 Å². The second kappa shape index (κ2) is 14.0. The molecule has 2 fully saturated rings. The zero-order valence-corrected chi connectivity index (χ0v) is 19.4. The van der Waals surface area contributed by atoms with Crippen LogP contribution in [-0.4, -0.2) is 64.0 Å². The van der Waals surface area contributed by atoms with Crippen molar-refractivity contribution < 1.29 is 9.47 Å². The van der Waals surface area contributed by atoms with Gasteiger partial charge in [-0.15, -0.1) is 24.0 Å². The van der Waals surface area contributed by atoms with Gasteiger partial charge < -0.3 is 19.7 Å². The summed E-state index contributed by atoms with van der Waals surface area (Å²) in [5.41, 5.74) is 0. The van der Waals surface area contributed by atoms with Crippen LogP contribution in [0.5, 0.6) is 0 Å². The highest BCUT2D eigenvalue weighted by Crippen LogP contribution is 2.30. The van der Waals surface area contributed by atoms with Gasteiger partial charge in [-0.25, -0.2) is 0 Å². The summed E-state index contributed by atoms with van der Waals surface area (Å²) in [7, 11) is 3.64. The molecule has 2 atom stereocenters. The molecule has 2 unspecified atom stereocenters. The van der Waals surface area contributed by atoms with Crippen molar-refractivity contribution in [2.75, 3.05) is 47.0 Å². The van der Waals surface area contributed by atoms with Gasteiger partial charge in [-0.3, -0.25) is 4.99 Å². The van der Waals surface area contributed by atoms with E-state index in [9.17, 15) is 0 Å². The molecule has 0 bridgehead atoms. The van der Waals surface area contributed by atoms with E-state index in [1.54, 1.807) is 7.11 Å². The zero-order chi connectivity index (χ0) is 17.9. The summed E-state index contributed by atoms with van der Waals surface area (Å²) in [6, 6.07) is 0. The van der Waals surface area contributed by atoms with Crippen molar-refractivity contribution in [3.63, 3.8) is 0 Å². The number of hydrogen-bond acceptors (Lipinski definition) is 3. The highest BCUT2D eigenvalue weighted by atomic mass is 127. The summed E-state index contributed by atoms with van der Waals surface area (Å²) in [6.45, 7) is 7.13. The van der Waals surface area contributed by atoms with Crippen LogP contribution in [0.4, 0.5) is 0 Å². The second-order valence-electron chi connectivity index (χ2n) is 7.80. The molecular weight excluding hydrogens is 441 g/mol. The summed E-state index contributed by atoms with van der Waals surface area (Å²) in [4.78, 5) is 6.88. The zero-order valence-electron chi connectivity index (χ0n) is 17.0. The Morgan fingerprint density at radius 2 is 1.92 bits per heavy atom. The molecule has 154 valence electrons. The van der Waals surface area contributed by atoms with Crippen LogP contribution < -0.4 is 5.32 Å². The first-order valence-corrected chi connectivity index (χ1v) is 10.3. The van der Waals surface area contributed by atoms with Crippen LogP contribution >= 0.6 is 24.0 Å². The van der Waals surface area contributed by atoms with Crippen molar-refractivity contribution in [1.82, 2.24) is 10.2 Å². The molecule has 26 heavy (non-hydrogen) atoms. The summed E-state index contributed by atoms with van der Waals surface area (Å²) in [6.07, 6.45) is 10.5.